The van der Waals surface area contributed by atoms with Crippen LogP contribution in [0.4, 0.5) is 11.4 Å². The molecule has 1 aromatic heterocycles. The van der Waals surface area contributed by atoms with Crippen molar-refractivity contribution in [2.75, 3.05) is 18.6 Å². The average molecular weight is 414 g/mol. The summed E-state index contributed by atoms with van der Waals surface area (Å²) in [5.41, 5.74) is 0.721. The molecule has 0 saturated heterocycles. The van der Waals surface area contributed by atoms with Gasteiger partial charge in [0.2, 0.25) is 11.8 Å². The molecular weight excluding hydrogens is 392 g/mol. The van der Waals surface area contributed by atoms with E-state index >= 15 is 0 Å². The standard InChI is InChI=1S/C20H22N4O6/c1-3-30-20(27)11-17(14-6-5-9-21-13-14)22-18(25)12-19(26)23(2)15-7-4-8-16(10-15)24(28)29/h4-10,13,17H,3,11-12H2,1-2H3,(H,22,25). The Kier molecular flexibility index (Phi) is 7.98. The third-order valence-electron chi connectivity index (χ3n) is 4.21. The topological polar surface area (TPSA) is 132 Å². The zero-order valence-corrected chi connectivity index (χ0v) is 16.6. The zero-order valence-electron chi connectivity index (χ0n) is 16.6. The molecule has 2 amide bonds. The smallest absolute Gasteiger partial charge is 0.308 e. The minimum absolute atomic E-state index is 0.111. The van der Waals surface area contributed by atoms with Gasteiger partial charge in [-0.1, -0.05) is 12.1 Å². The largest absolute Gasteiger partial charge is 0.466 e. The SMILES string of the molecule is CCOC(=O)CC(NC(=O)CC(=O)N(C)c1cccc([N+](=O)[O-])c1)c1cccnc1. The van der Waals surface area contributed by atoms with Crippen molar-refractivity contribution in [1.82, 2.24) is 10.3 Å². The number of esters is 1. The molecule has 0 aliphatic heterocycles. The number of rotatable bonds is 9. The molecule has 0 spiro atoms. The van der Waals surface area contributed by atoms with Gasteiger partial charge in [-0.25, -0.2) is 0 Å². The fraction of sp³-hybridized carbons (Fsp3) is 0.300. The summed E-state index contributed by atoms with van der Waals surface area (Å²) in [6, 6.07) is 8.20. The van der Waals surface area contributed by atoms with Crippen molar-refractivity contribution in [3.05, 3.63) is 64.5 Å². The molecule has 30 heavy (non-hydrogen) atoms. The number of anilines is 1. The van der Waals surface area contributed by atoms with Crippen molar-refractivity contribution in [2.24, 2.45) is 0 Å². The van der Waals surface area contributed by atoms with Gasteiger partial charge >= 0.3 is 5.97 Å². The Morgan fingerprint density at radius 1 is 1.27 bits per heavy atom. The number of benzene rings is 1. The van der Waals surface area contributed by atoms with Crippen LogP contribution in [0.1, 0.15) is 31.4 Å². The second-order valence-electron chi connectivity index (χ2n) is 6.32. The molecule has 0 bridgehead atoms. The lowest BCUT2D eigenvalue weighted by Gasteiger charge is -2.20. The summed E-state index contributed by atoms with van der Waals surface area (Å²) in [5.74, 6) is -1.66. The molecule has 2 rings (SSSR count). The van der Waals surface area contributed by atoms with E-state index in [1.54, 1.807) is 25.3 Å². The highest BCUT2D eigenvalue weighted by molar-refractivity contribution is 6.04. The van der Waals surface area contributed by atoms with E-state index in [4.69, 9.17) is 4.74 Å². The lowest BCUT2D eigenvalue weighted by molar-refractivity contribution is -0.384. The van der Waals surface area contributed by atoms with Crippen LogP contribution in [-0.4, -0.2) is 41.3 Å². The summed E-state index contributed by atoms with van der Waals surface area (Å²) in [6.45, 7) is 1.89. The quantitative estimate of drug-likeness (QED) is 0.288. The molecule has 10 heteroatoms. The molecule has 1 unspecified atom stereocenters. The van der Waals surface area contributed by atoms with Gasteiger partial charge in [-0.05, 0) is 24.6 Å². The molecule has 0 aliphatic carbocycles. The van der Waals surface area contributed by atoms with E-state index in [2.05, 4.69) is 10.3 Å². The number of non-ortho nitro benzene ring substituents is 1. The van der Waals surface area contributed by atoms with Crippen LogP contribution in [0.25, 0.3) is 0 Å². The van der Waals surface area contributed by atoms with Gasteiger partial charge in [0, 0.05) is 31.6 Å². The number of nitro groups is 1. The van der Waals surface area contributed by atoms with Gasteiger partial charge in [0.05, 0.1) is 29.7 Å². The van der Waals surface area contributed by atoms with Crippen molar-refractivity contribution in [2.45, 2.75) is 25.8 Å². The molecule has 10 nitrogen and oxygen atoms in total. The molecule has 0 saturated carbocycles. The number of nitro benzene ring substituents is 1. The highest BCUT2D eigenvalue weighted by Gasteiger charge is 2.23. The normalized spacial score (nSPS) is 11.3. The van der Waals surface area contributed by atoms with Gasteiger partial charge in [0.25, 0.3) is 5.69 Å². The highest BCUT2D eigenvalue weighted by Crippen LogP contribution is 2.21. The Bertz CT molecular complexity index is 919. The zero-order chi connectivity index (χ0) is 22.1. The number of aromatic nitrogens is 1. The first-order valence-electron chi connectivity index (χ1n) is 9.17. The van der Waals surface area contributed by atoms with Gasteiger partial charge in [-0.3, -0.25) is 29.5 Å². The minimum atomic E-state index is -0.707. The van der Waals surface area contributed by atoms with Gasteiger partial charge in [0.1, 0.15) is 6.42 Å². The van der Waals surface area contributed by atoms with Gasteiger partial charge in [-0.15, -0.1) is 0 Å². The van der Waals surface area contributed by atoms with Crippen LogP contribution in [0.5, 0.6) is 0 Å². The number of carbonyl (C=O) groups is 3. The minimum Gasteiger partial charge on any atom is -0.466 e. The first-order valence-corrected chi connectivity index (χ1v) is 9.17. The maximum atomic E-state index is 12.5. The highest BCUT2D eigenvalue weighted by atomic mass is 16.6. The van der Waals surface area contributed by atoms with E-state index in [1.165, 1.54) is 37.5 Å². The fourth-order valence-corrected chi connectivity index (χ4v) is 2.68. The lowest BCUT2D eigenvalue weighted by atomic mass is 10.1. The maximum Gasteiger partial charge on any atom is 0.308 e. The van der Waals surface area contributed by atoms with Crippen LogP contribution in [0.2, 0.25) is 0 Å². The molecule has 0 aliphatic rings. The van der Waals surface area contributed by atoms with Crippen LogP contribution < -0.4 is 10.2 Å². The summed E-state index contributed by atoms with van der Waals surface area (Å²) in [7, 11) is 1.42. The van der Waals surface area contributed by atoms with Crippen molar-refractivity contribution >= 4 is 29.2 Å². The number of nitrogens with one attached hydrogen (secondary N) is 1. The molecule has 1 aromatic carbocycles. The monoisotopic (exact) mass is 414 g/mol. The van der Waals surface area contributed by atoms with E-state index in [1.807, 2.05) is 0 Å². The van der Waals surface area contributed by atoms with Crippen LogP contribution in [0.15, 0.2) is 48.8 Å². The summed E-state index contributed by atoms with van der Waals surface area (Å²) < 4.78 is 4.94. The number of hydrogen-bond donors (Lipinski definition) is 1. The average Bonchev–Trinajstić information content (AvgIpc) is 2.73. The Hall–Kier alpha value is -3.82. The Labute approximate surface area is 173 Å². The Morgan fingerprint density at radius 3 is 2.67 bits per heavy atom. The maximum absolute atomic E-state index is 12.5. The number of carbonyl (C=O) groups excluding carboxylic acids is 3. The number of amides is 2. The number of ether oxygens (including phenoxy) is 1. The lowest BCUT2D eigenvalue weighted by Crippen LogP contribution is -2.36. The molecule has 0 fully saturated rings. The molecule has 1 atom stereocenters. The second kappa shape index (κ2) is 10.6. The van der Waals surface area contributed by atoms with Crippen LogP contribution in [0.3, 0.4) is 0 Å². The van der Waals surface area contributed by atoms with Crippen LogP contribution in [-0.2, 0) is 19.1 Å². The Morgan fingerprint density at radius 2 is 2.03 bits per heavy atom. The molecule has 1 N–H and O–H groups in total. The fourth-order valence-electron chi connectivity index (χ4n) is 2.68. The summed E-state index contributed by atoms with van der Waals surface area (Å²) in [5, 5.41) is 13.6. The number of nitrogens with zero attached hydrogens (tertiary/aromatic N) is 3. The summed E-state index contributed by atoms with van der Waals surface area (Å²) in [6.07, 6.45) is 2.46. The van der Waals surface area contributed by atoms with Crippen LogP contribution in [0, 0.1) is 10.1 Å². The van der Waals surface area contributed by atoms with Crippen molar-refractivity contribution in [3.8, 4) is 0 Å². The predicted molar refractivity (Wildman–Crippen MR) is 107 cm³/mol. The number of pyridine rings is 1. The molecule has 1 heterocycles. The molecule has 158 valence electrons. The van der Waals surface area contributed by atoms with E-state index in [9.17, 15) is 24.5 Å². The molecule has 2 aromatic rings. The van der Waals surface area contributed by atoms with E-state index in [0.29, 0.717) is 5.56 Å². The van der Waals surface area contributed by atoms with E-state index in [-0.39, 0.29) is 24.4 Å². The summed E-state index contributed by atoms with van der Waals surface area (Å²) >= 11 is 0. The van der Waals surface area contributed by atoms with E-state index in [0.717, 1.165) is 4.90 Å². The van der Waals surface area contributed by atoms with E-state index < -0.39 is 35.2 Å². The second-order valence-corrected chi connectivity index (χ2v) is 6.32. The first-order chi connectivity index (χ1) is 14.3. The first kappa shape index (κ1) is 22.5. The van der Waals surface area contributed by atoms with Gasteiger partial charge < -0.3 is 15.0 Å². The molecule has 0 radical (unpaired) electrons. The third kappa shape index (κ3) is 6.36. The van der Waals surface area contributed by atoms with Crippen LogP contribution >= 0.6 is 0 Å². The molecular formula is C20H22N4O6. The van der Waals surface area contributed by atoms with Gasteiger partial charge in [0.15, 0.2) is 0 Å². The Balaban J connectivity index is 2.06. The third-order valence-corrected chi connectivity index (χ3v) is 4.21. The predicted octanol–water partition coefficient (Wildman–Crippen LogP) is 2.15. The number of hydrogen-bond acceptors (Lipinski definition) is 7. The van der Waals surface area contributed by atoms with Crippen molar-refractivity contribution in [1.29, 1.82) is 0 Å². The summed E-state index contributed by atoms with van der Waals surface area (Å²) in [4.78, 5) is 52.3. The van der Waals surface area contributed by atoms with Gasteiger partial charge in [-0.2, -0.15) is 0 Å². The van der Waals surface area contributed by atoms with Crippen molar-refractivity contribution in [3.63, 3.8) is 0 Å². The van der Waals surface area contributed by atoms with Crippen molar-refractivity contribution < 1.29 is 24.0 Å².